The van der Waals surface area contributed by atoms with Crippen LogP contribution in [0.15, 0.2) is 45.6 Å². The highest BCUT2D eigenvalue weighted by molar-refractivity contribution is 5.88. The van der Waals surface area contributed by atoms with Crippen molar-refractivity contribution in [3.8, 4) is 0 Å². The highest BCUT2D eigenvalue weighted by Gasteiger charge is 2.26. The molecule has 126 valence electrons. The van der Waals surface area contributed by atoms with Crippen LogP contribution >= 0.6 is 0 Å². The summed E-state index contributed by atoms with van der Waals surface area (Å²) < 4.78 is 10.7. The summed E-state index contributed by atoms with van der Waals surface area (Å²) in [6.45, 7) is 5.74. The lowest BCUT2D eigenvalue weighted by Gasteiger charge is -2.21. The Balaban J connectivity index is 1.68. The van der Waals surface area contributed by atoms with E-state index in [1.165, 1.54) is 6.26 Å². The minimum absolute atomic E-state index is 0.0767. The number of nitrogens with one attached hydrogen (secondary N) is 1. The Kier molecular flexibility index (Phi) is 4.20. The SMILES string of the molecule is Cc1cc2occ(CC(=O)NCC(C)(O)c3ccco3)c2cc1C. The van der Waals surface area contributed by atoms with Crippen molar-refractivity contribution in [2.45, 2.75) is 32.8 Å². The van der Waals surface area contributed by atoms with Crippen molar-refractivity contribution in [3.63, 3.8) is 0 Å². The lowest BCUT2D eigenvalue weighted by atomic mass is 10.0. The van der Waals surface area contributed by atoms with Gasteiger partial charge in [-0.05, 0) is 56.2 Å². The van der Waals surface area contributed by atoms with Crippen LogP contribution in [0.3, 0.4) is 0 Å². The molecule has 0 aliphatic carbocycles. The number of benzene rings is 1. The molecule has 0 radical (unpaired) electrons. The first-order valence-electron chi connectivity index (χ1n) is 7.87. The number of carbonyl (C=O) groups excluding carboxylic acids is 1. The van der Waals surface area contributed by atoms with Gasteiger partial charge < -0.3 is 19.3 Å². The van der Waals surface area contributed by atoms with E-state index in [-0.39, 0.29) is 18.9 Å². The molecule has 0 saturated carbocycles. The number of fused-ring (bicyclic) bond motifs is 1. The van der Waals surface area contributed by atoms with Crippen LogP contribution in [-0.4, -0.2) is 17.6 Å². The average molecular weight is 327 g/mol. The highest BCUT2D eigenvalue weighted by atomic mass is 16.4. The third kappa shape index (κ3) is 3.21. The highest BCUT2D eigenvalue weighted by Crippen LogP contribution is 2.25. The Bertz CT molecular complexity index is 859. The van der Waals surface area contributed by atoms with Crippen molar-refractivity contribution in [3.05, 3.63) is 59.2 Å². The molecular formula is C19H21NO4. The number of hydrogen-bond acceptors (Lipinski definition) is 4. The Morgan fingerprint density at radius 1 is 1.25 bits per heavy atom. The van der Waals surface area contributed by atoms with E-state index in [0.29, 0.717) is 5.76 Å². The topological polar surface area (TPSA) is 75.6 Å². The van der Waals surface area contributed by atoms with Gasteiger partial charge in [0, 0.05) is 10.9 Å². The summed E-state index contributed by atoms with van der Waals surface area (Å²) >= 11 is 0. The molecule has 2 heterocycles. The van der Waals surface area contributed by atoms with Crippen LogP contribution in [0.25, 0.3) is 11.0 Å². The molecule has 0 bridgehead atoms. The maximum absolute atomic E-state index is 12.2. The molecule has 2 aromatic heterocycles. The zero-order valence-corrected chi connectivity index (χ0v) is 14.1. The van der Waals surface area contributed by atoms with Crippen LogP contribution in [0.1, 0.15) is 29.4 Å². The van der Waals surface area contributed by atoms with Crippen LogP contribution in [-0.2, 0) is 16.8 Å². The maximum Gasteiger partial charge on any atom is 0.224 e. The fourth-order valence-electron chi connectivity index (χ4n) is 2.65. The monoisotopic (exact) mass is 327 g/mol. The second-order valence-corrected chi connectivity index (χ2v) is 6.40. The predicted molar refractivity (Wildman–Crippen MR) is 90.7 cm³/mol. The number of amides is 1. The second kappa shape index (κ2) is 6.17. The largest absolute Gasteiger partial charge is 0.466 e. The van der Waals surface area contributed by atoms with E-state index in [2.05, 4.69) is 5.32 Å². The first kappa shape index (κ1) is 16.3. The number of carbonyl (C=O) groups is 1. The van der Waals surface area contributed by atoms with Gasteiger partial charge in [-0.3, -0.25) is 4.79 Å². The summed E-state index contributed by atoms with van der Waals surface area (Å²) in [4.78, 5) is 12.2. The van der Waals surface area contributed by atoms with E-state index in [9.17, 15) is 9.90 Å². The molecule has 0 aliphatic heterocycles. The van der Waals surface area contributed by atoms with E-state index < -0.39 is 5.60 Å². The van der Waals surface area contributed by atoms with Crippen LogP contribution in [0.5, 0.6) is 0 Å². The van der Waals surface area contributed by atoms with Gasteiger partial charge in [0.25, 0.3) is 0 Å². The molecule has 1 unspecified atom stereocenters. The molecule has 24 heavy (non-hydrogen) atoms. The molecule has 3 rings (SSSR count). The first-order chi connectivity index (χ1) is 11.4. The molecule has 2 N–H and O–H groups in total. The van der Waals surface area contributed by atoms with Crippen molar-refractivity contribution in [2.75, 3.05) is 6.54 Å². The van der Waals surface area contributed by atoms with Gasteiger partial charge in [-0.15, -0.1) is 0 Å². The molecular weight excluding hydrogens is 306 g/mol. The normalized spacial score (nSPS) is 13.8. The van der Waals surface area contributed by atoms with Crippen molar-refractivity contribution < 1.29 is 18.7 Å². The van der Waals surface area contributed by atoms with E-state index in [0.717, 1.165) is 27.7 Å². The molecule has 0 saturated heterocycles. The molecule has 1 amide bonds. The molecule has 1 atom stereocenters. The minimum atomic E-state index is -1.24. The Morgan fingerprint density at radius 2 is 2.00 bits per heavy atom. The van der Waals surface area contributed by atoms with Crippen molar-refractivity contribution in [1.82, 2.24) is 5.32 Å². The lowest BCUT2D eigenvalue weighted by molar-refractivity contribution is -0.121. The van der Waals surface area contributed by atoms with Gasteiger partial charge in [0.2, 0.25) is 5.91 Å². The number of furan rings is 2. The lowest BCUT2D eigenvalue weighted by Crippen LogP contribution is -2.39. The molecule has 5 heteroatoms. The fourth-order valence-corrected chi connectivity index (χ4v) is 2.65. The van der Waals surface area contributed by atoms with E-state index >= 15 is 0 Å². The Morgan fingerprint density at radius 3 is 2.71 bits per heavy atom. The molecule has 3 aromatic rings. The zero-order chi connectivity index (χ0) is 17.3. The minimum Gasteiger partial charge on any atom is -0.466 e. The summed E-state index contributed by atoms with van der Waals surface area (Å²) in [5.41, 5.74) is 2.69. The number of aliphatic hydroxyl groups is 1. The third-order valence-electron chi connectivity index (χ3n) is 4.30. The van der Waals surface area contributed by atoms with Gasteiger partial charge in [-0.2, -0.15) is 0 Å². The van der Waals surface area contributed by atoms with E-state index in [1.54, 1.807) is 25.3 Å². The second-order valence-electron chi connectivity index (χ2n) is 6.40. The van der Waals surface area contributed by atoms with Gasteiger partial charge in [0.05, 0.1) is 25.5 Å². The number of aryl methyl sites for hydroxylation is 2. The smallest absolute Gasteiger partial charge is 0.224 e. The quantitative estimate of drug-likeness (QED) is 0.754. The van der Waals surface area contributed by atoms with Crippen LogP contribution in [0, 0.1) is 13.8 Å². The first-order valence-corrected chi connectivity index (χ1v) is 7.87. The summed E-state index contributed by atoms with van der Waals surface area (Å²) in [5, 5.41) is 14.1. The Labute approximate surface area is 140 Å². The molecule has 0 fully saturated rings. The summed E-state index contributed by atoms with van der Waals surface area (Å²) in [5.74, 6) is 0.241. The maximum atomic E-state index is 12.2. The summed E-state index contributed by atoms with van der Waals surface area (Å²) in [6, 6.07) is 7.40. The molecule has 0 spiro atoms. The number of hydrogen-bond donors (Lipinski definition) is 2. The molecule has 5 nitrogen and oxygen atoms in total. The van der Waals surface area contributed by atoms with Crippen molar-refractivity contribution >= 4 is 16.9 Å². The number of rotatable bonds is 5. The summed E-state index contributed by atoms with van der Waals surface area (Å²) in [6.07, 6.45) is 3.31. The third-order valence-corrected chi connectivity index (χ3v) is 4.30. The van der Waals surface area contributed by atoms with Crippen molar-refractivity contribution in [2.24, 2.45) is 0 Å². The Hall–Kier alpha value is -2.53. The van der Waals surface area contributed by atoms with E-state index in [4.69, 9.17) is 8.83 Å². The molecule has 1 aromatic carbocycles. The van der Waals surface area contributed by atoms with Gasteiger partial charge in [-0.1, -0.05) is 0 Å². The standard InChI is InChI=1S/C19H21NO4/c1-12-7-15-14(10-24-16(15)8-13(12)2)9-18(21)20-11-19(3,22)17-5-4-6-23-17/h4-8,10,22H,9,11H2,1-3H3,(H,20,21). The van der Waals surface area contributed by atoms with Gasteiger partial charge in [-0.25, -0.2) is 0 Å². The fraction of sp³-hybridized carbons (Fsp3) is 0.316. The average Bonchev–Trinajstić information content (AvgIpc) is 3.18. The van der Waals surface area contributed by atoms with Crippen LogP contribution in [0.4, 0.5) is 0 Å². The van der Waals surface area contributed by atoms with Gasteiger partial charge >= 0.3 is 0 Å². The van der Waals surface area contributed by atoms with E-state index in [1.807, 2.05) is 26.0 Å². The van der Waals surface area contributed by atoms with Gasteiger partial charge in [0.15, 0.2) is 0 Å². The van der Waals surface area contributed by atoms with Crippen molar-refractivity contribution in [1.29, 1.82) is 0 Å². The van der Waals surface area contributed by atoms with Gasteiger partial charge in [0.1, 0.15) is 16.9 Å². The van der Waals surface area contributed by atoms with Crippen LogP contribution < -0.4 is 5.32 Å². The summed E-state index contributed by atoms with van der Waals surface area (Å²) in [7, 11) is 0. The molecule has 0 aliphatic rings. The van der Waals surface area contributed by atoms with Crippen LogP contribution in [0.2, 0.25) is 0 Å². The predicted octanol–water partition coefficient (Wildman–Crippen LogP) is 3.21. The zero-order valence-electron chi connectivity index (χ0n) is 14.1.